The van der Waals surface area contributed by atoms with Crippen molar-refractivity contribution in [2.75, 3.05) is 20.8 Å². The van der Waals surface area contributed by atoms with Gasteiger partial charge in [0.15, 0.2) is 0 Å². The maximum atomic E-state index is 11.2. The number of carbonyl (C=O) groups excluding carboxylic acids is 1. The van der Waals surface area contributed by atoms with Crippen molar-refractivity contribution < 1.29 is 14.3 Å². The maximum absolute atomic E-state index is 11.2. The Morgan fingerprint density at radius 2 is 2.17 bits per heavy atom. The molecule has 0 amide bonds. The van der Waals surface area contributed by atoms with E-state index in [-0.39, 0.29) is 10.8 Å². The van der Waals surface area contributed by atoms with E-state index in [2.05, 4.69) is 41.9 Å². The zero-order chi connectivity index (χ0) is 13.5. The first-order valence-corrected chi connectivity index (χ1v) is 7.04. The molecule has 0 aliphatic rings. The summed E-state index contributed by atoms with van der Waals surface area (Å²) in [5, 5.41) is 3.18. The van der Waals surface area contributed by atoms with Crippen LogP contribution in [0.5, 0.6) is 5.75 Å². The number of ether oxygens (including phenoxy) is 2. The second kappa shape index (κ2) is 7.76. The molecule has 1 unspecified atom stereocenters. The molecule has 0 saturated carbocycles. The molecule has 0 bridgehead atoms. The summed E-state index contributed by atoms with van der Waals surface area (Å²) in [7, 11) is 3.00. The van der Waals surface area contributed by atoms with E-state index in [4.69, 9.17) is 4.74 Å². The zero-order valence-electron chi connectivity index (χ0n) is 10.2. The second-order valence-corrected chi connectivity index (χ2v) is 5.54. The average molecular weight is 381 g/mol. The van der Waals surface area contributed by atoms with Gasteiger partial charge in [-0.2, -0.15) is 0 Å². The third-order valence-corrected chi connectivity index (χ3v) is 3.82. The first kappa shape index (κ1) is 15.5. The summed E-state index contributed by atoms with van der Waals surface area (Å²) in [4.78, 5) is 10.8. The fraction of sp³-hybridized carbons (Fsp3) is 0.417. The Morgan fingerprint density at radius 3 is 2.78 bits per heavy atom. The normalized spacial score (nSPS) is 12.0. The maximum Gasteiger partial charge on any atom is 0.320 e. The lowest BCUT2D eigenvalue weighted by atomic mass is 10.2. The van der Waals surface area contributed by atoms with Crippen LogP contribution < -0.4 is 10.1 Å². The molecule has 0 aliphatic heterocycles. The Kier molecular flexibility index (Phi) is 6.67. The Balaban J connectivity index is 2.50. The summed E-state index contributed by atoms with van der Waals surface area (Å²) >= 11 is 6.72. The van der Waals surface area contributed by atoms with E-state index in [0.29, 0.717) is 13.1 Å². The van der Waals surface area contributed by atoms with E-state index in [9.17, 15) is 4.79 Å². The van der Waals surface area contributed by atoms with E-state index < -0.39 is 0 Å². The first-order chi connectivity index (χ1) is 8.58. The highest BCUT2D eigenvalue weighted by Crippen LogP contribution is 2.22. The summed E-state index contributed by atoms with van der Waals surface area (Å²) in [5.74, 6) is 0.519. The molecule has 1 aromatic rings. The molecule has 0 fully saturated rings. The van der Waals surface area contributed by atoms with E-state index in [1.54, 1.807) is 7.11 Å². The molecule has 0 spiro atoms. The molecule has 0 saturated heterocycles. The van der Waals surface area contributed by atoms with Gasteiger partial charge in [0.2, 0.25) is 0 Å². The first-order valence-electron chi connectivity index (χ1n) is 5.33. The topological polar surface area (TPSA) is 47.6 Å². The smallest absolute Gasteiger partial charge is 0.320 e. The van der Waals surface area contributed by atoms with Crippen LogP contribution in [0.3, 0.4) is 0 Å². The summed E-state index contributed by atoms with van der Waals surface area (Å²) in [6.45, 7) is 1.13. The highest BCUT2D eigenvalue weighted by atomic mass is 79.9. The summed E-state index contributed by atoms with van der Waals surface area (Å²) in [5.41, 5.74) is 1.07. The summed E-state index contributed by atoms with van der Waals surface area (Å²) in [6.07, 6.45) is 0. The van der Waals surface area contributed by atoms with Crippen LogP contribution >= 0.6 is 31.9 Å². The molecule has 6 heteroatoms. The van der Waals surface area contributed by atoms with Crippen molar-refractivity contribution in [2.45, 2.75) is 11.4 Å². The van der Waals surface area contributed by atoms with Crippen LogP contribution in [-0.4, -0.2) is 31.6 Å². The molecule has 100 valence electrons. The van der Waals surface area contributed by atoms with Crippen LogP contribution in [0, 0.1) is 0 Å². The van der Waals surface area contributed by atoms with Crippen LogP contribution in [0.2, 0.25) is 0 Å². The number of alkyl halides is 1. The molecular formula is C12H15Br2NO3. The molecule has 1 rings (SSSR count). The van der Waals surface area contributed by atoms with Crippen molar-refractivity contribution in [1.82, 2.24) is 5.32 Å². The van der Waals surface area contributed by atoms with Crippen LogP contribution in [0.15, 0.2) is 22.7 Å². The van der Waals surface area contributed by atoms with Crippen LogP contribution in [0.1, 0.15) is 5.56 Å². The van der Waals surface area contributed by atoms with Gasteiger partial charge in [-0.1, -0.05) is 31.9 Å². The Bertz CT molecular complexity index is 412. The van der Waals surface area contributed by atoms with Gasteiger partial charge in [0.25, 0.3) is 0 Å². The third kappa shape index (κ3) is 4.59. The second-order valence-electron chi connectivity index (χ2n) is 3.58. The number of halogens is 2. The van der Waals surface area contributed by atoms with Crippen molar-refractivity contribution in [3.05, 3.63) is 28.2 Å². The van der Waals surface area contributed by atoms with Gasteiger partial charge >= 0.3 is 5.97 Å². The molecule has 1 atom stereocenters. The monoisotopic (exact) mass is 379 g/mol. The van der Waals surface area contributed by atoms with Crippen LogP contribution in [0.25, 0.3) is 0 Å². The fourth-order valence-electron chi connectivity index (χ4n) is 1.36. The van der Waals surface area contributed by atoms with Crippen molar-refractivity contribution >= 4 is 37.8 Å². The average Bonchev–Trinajstić information content (AvgIpc) is 2.39. The third-order valence-electron chi connectivity index (χ3n) is 2.35. The molecule has 18 heavy (non-hydrogen) atoms. The van der Waals surface area contributed by atoms with Gasteiger partial charge in [-0.15, -0.1) is 0 Å². The van der Waals surface area contributed by atoms with E-state index in [1.807, 2.05) is 18.2 Å². The number of hydrogen-bond donors (Lipinski definition) is 1. The number of methoxy groups -OCH3 is 2. The number of benzene rings is 1. The number of hydrogen-bond acceptors (Lipinski definition) is 4. The summed E-state index contributed by atoms with van der Waals surface area (Å²) < 4.78 is 10.8. The predicted molar refractivity (Wildman–Crippen MR) is 77.1 cm³/mol. The number of esters is 1. The molecule has 0 radical (unpaired) electrons. The van der Waals surface area contributed by atoms with Crippen molar-refractivity contribution in [3.8, 4) is 5.75 Å². The number of carbonyl (C=O) groups is 1. The van der Waals surface area contributed by atoms with Gasteiger partial charge in [-0.05, 0) is 23.8 Å². The Morgan fingerprint density at radius 1 is 1.44 bits per heavy atom. The van der Waals surface area contributed by atoms with E-state index in [1.165, 1.54) is 7.11 Å². The zero-order valence-corrected chi connectivity index (χ0v) is 13.4. The highest BCUT2D eigenvalue weighted by molar-refractivity contribution is 9.10. The van der Waals surface area contributed by atoms with Crippen molar-refractivity contribution in [1.29, 1.82) is 0 Å². The lowest BCUT2D eigenvalue weighted by molar-refractivity contribution is -0.139. The van der Waals surface area contributed by atoms with E-state index in [0.717, 1.165) is 15.8 Å². The van der Waals surface area contributed by atoms with Crippen molar-refractivity contribution in [3.63, 3.8) is 0 Å². The molecule has 0 aromatic heterocycles. The largest absolute Gasteiger partial charge is 0.497 e. The van der Waals surface area contributed by atoms with Gasteiger partial charge in [0.05, 0.1) is 14.2 Å². The van der Waals surface area contributed by atoms with Gasteiger partial charge < -0.3 is 14.8 Å². The fourth-order valence-corrected chi connectivity index (χ4v) is 2.16. The van der Waals surface area contributed by atoms with Gasteiger partial charge in [-0.25, -0.2) is 0 Å². The minimum absolute atomic E-state index is 0.285. The van der Waals surface area contributed by atoms with E-state index >= 15 is 0 Å². The molecule has 4 nitrogen and oxygen atoms in total. The lowest BCUT2D eigenvalue weighted by Gasteiger charge is -2.11. The molecule has 1 N–H and O–H groups in total. The molecule has 0 heterocycles. The highest BCUT2D eigenvalue weighted by Gasteiger charge is 2.14. The Labute approximate surface area is 123 Å². The summed E-state index contributed by atoms with van der Waals surface area (Å²) in [6, 6.07) is 5.76. The quantitative estimate of drug-likeness (QED) is 0.608. The van der Waals surface area contributed by atoms with Gasteiger partial charge in [0.1, 0.15) is 10.6 Å². The predicted octanol–water partition coefficient (Wildman–Crippen LogP) is 2.48. The lowest BCUT2D eigenvalue weighted by Crippen LogP contribution is -2.29. The molecular weight excluding hydrogens is 366 g/mol. The van der Waals surface area contributed by atoms with Crippen LogP contribution in [0.4, 0.5) is 0 Å². The molecule has 0 aliphatic carbocycles. The number of rotatable bonds is 6. The standard InChI is InChI=1S/C12H15Br2NO3/c1-17-9-3-4-10(13)8(5-9)6-15-7-11(14)12(16)18-2/h3-5,11,15H,6-7H2,1-2H3. The Hall–Kier alpha value is -0.590. The van der Waals surface area contributed by atoms with Gasteiger partial charge in [0, 0.05) is 17.6 Å². The number of nitrogens with one attached hydrogen (secondary N) is 1. The SMILES string of the molecule is COC(=O)C(Br)CNCc1cc(OC)ccc1Br. The van der Waals surface area contributed by atoms with Crippen LogP contribution in [-0.2, 0) is 16.1 Å². The molecule has 1 aromatic carbocycles. The minimum atomic E-state index is -0.341. The van der Waals surface area contributed by atoms with Crippen molar-refractivity contribution in [2.24, 2.45) is 0 Å². The minimum Gasteiger partial charge on any atom is -0.497 e. The van der Waals surface area contributed by atoms with Gasteiger partial charge in [-0.3, -0.25) is 4.79 Å².